The predicted octanol–water partition coefficient (Wildman–Crippen LogP) is 2.07. The van der Waals surface area contributed by atoms with Gasteiger partial charge in [0.25, 0.3) is 0 Å². The topological polar surface area (TPSA) is 55.8 Å². The van der Waals surface area contributed by atoms with E-state index in [2.05, 4.69) is 4.74 Å². The highest BCUT2D eigenvalue weighted by Gasteiger charge is 2.22. The number of hydrogen-bond donors (Lipinski definition) is 0. The Morgan fingerprint density at radius 1 is 1.17 bits per heavy atom. The Labute approximate surface area is 105 Å². The smallest absolute Gasteiger partial charge is 0.415 e. The maximum absolute atomic E-state index is 11.8. The van der Waals surface area contributed by atoms with Crippen molar-refractivity contribution >= 4 is 12.1 Å². The Bertz CT molecular complexity index is 452. The van der Waals surface area contributed by atoms with Gasteiger partial charge in [-0.1, -0.05) is 12.1 Å². The molecule has 0 bridgehead atoms. The summed E-state index contributed by atoms with van der Waals surface area (Å²) in [5.74, 6) is -0.277. The fraction of sp³-hybridized carbons (Fsp3) is 0.385. The van der Waals surface area contributed by atoms with Crippen molar-refractivity contribution in [2.75, 3.05) is 20.2 Å². The predicted molar refractivity (Wildman–Crippen MR) is 64.6 cm³/mol. The summed E-state index contributed by atoms with van der Waals surface area (Å²) >= 11 is 0. The number of ether oxygens (including phenoxy) is 2. The summed E-state index contributed by atoms with van der Waals surface area (Å²) in [6.07, 6.45) is 1.57. The minimum atomic E-state index is -0.514. The Kier molecular flexibility index (Phi) is 3.82. The lowest BCUT2D eigenvalue weighted by Crippen LogP contribution is -2.31. The lowest BCUT2D eigenvalue weighted by atomic mass is 10.2. The molecule has 1 aromatic rings. The third-order valence-corrected chi connectivity index (χ3v) is 2.85. The molecule has 0 saturated carbocycles. The van der Waals surface area contributed by atoms with E-state index in [1.54, 1.807) is 29.2 Å². The first-order valence-corrected chi connectivity index (χ1v) is 5.86. The number of benzene rings is 1. The van der Waals surface area contributed by atoms with Crippen LogP contribution in [0.3, 0.4) is 0 Å². The van der Waals surface area contributed by atoms with Gasteiger partial charge >= 0.3 is 12.1 Å². The molecule has 96 valence electrons. The van der Waals surface area contributed by atoms with Gasteiger partial charge in [0.2, 0.25) is 0 Å². The summed E-state index contributed by atoms with van der Waals surface area (Å²) in [6.45, 7) is 1.42. The van der Waals surface area contributed by atoms with Gasteiger partial charge in [-0.2, -0.15) is 0 Å². The number of carbonyl (C=O) groups excluding carboxylic acids is 2. The molecule has 5 heteroatoms. The van der Waals surface area contributed by atoms with Crippen LogP contribution in [-0.4, -0.2) is 37.2 Å². The SMILES string of the molecule is COC(=O)c1ccccc1OC(=O)N1CCCC1. The first-order chi connectivity index (χ1) is 8.72. The van der Waals surface area contributed by atoms with Gasteiger partial charge < -0.3 is 14.4 Å². The minimum absolute atomic E-state index is 0.237. The molecule has 0 aromatic heterocycles. The van der Waals surface area contributed by atoms with Gasteiger partial charge in [-0.05, 0) is 25.0 Å². The molecule has 1 aliphatic rings. The van der Waals surface area contributed by atoms with Crippen molar-refractivity contribution in [3.05, 3.63) is 29.8 Å². The molecule has 1 aliphatic heterocycles. The monoisotopic (exact) mass is 249 g/mol. The van der Waals surface area contributed by atoms with Gasteiger partial charge in [-0.15, -0.1) is 0 Å². The zero-order valence-electron chi connectivity index (χ0n) is 10.2. The van der Waals surface area contributed by atoms with E-state index in [9.17, 15) is 9.59 Å². The zero-order valence-corrected chi connectivity index (χ0v) is 10.2. The van der Waals surface area contributed by atoms with E-state index in [1.807, 2.05) is 0 Å². The van der Waals surface area contributed by atoms with Crippen molar-refractivity contribution in [1.29, 1.82) is 0 Å². The molecule has 1 heterocycles. The quantitative estimate of drug-likeness (QED) is 0.753. The van der Waals surface area contributed by atoms with Gasteiger partial charge in [0.15, 0.2) is 0 Å². The molecule has 0 unspecified atom stereocenters. The van der Waals surface area contributed by atoms with E-state index in [-0.39, 0.29) is 11.3 Å². The van der Waals surface area contributed by atoms with E-state index in [1.165, 1.54) is 7.11 Å². The van der Waals surface area contributed by atoms with Crippen LogP contribution in [0, 0.1) is 0 Å². The van der Waals surface area contributed by atoms with Crippen molar-refractivity contribution < 1.29 is 19.1 Å². The molecule has 1 saturated heterocycles. The van der Waals surface area contributed by atoms with Gasteiger partial charge in [0.05, 0.1) is 7.11 Å². The summed E-state index contributed by atoms with van der Waals surface area (Å²) in [4.78, 5) is 25.0. The first-order valence-electron chi connectivity index (χ1n) is 5.86. The van der Waals surface area contributed by atoms with E-state index in [0.29, 0.717) is 13.1 Å². The molecular formula is C13H15NO4. The number of carbonyl (C=O) groups is 2. The van der Waals surface area contributed by atoms with Crippen LogP contribution in [0.25, 0.3) is 0 Å². The first kappa shape index (κ1) is 12.4. The third kappa shape index (κ3) is 2.61. The standard InChI is InChI=1S/C13H15NO4/c1-17-12(15)10-6-2-3-7-11(10)18-13(16)14-8-4-5-9-14/h2-3,6-7H,4-5,8-9H2,1H3. The van der Waals surface area contributed by atoms with Crippen molar-refractivity contribution in [3.63, 3.8) is 0 Å². The summed E-state index contributed by atoms with van der Waals surface area (Å²) in [6, 6.07) is 6.55. The second-order valence-corrected chi connectivity index (χ2v) is 4.05. The molecule has 5 nitrogen and oxygen atoms in total. The molecule has 0 radical (unpaired) electrons. The fourth-order valence-electron chi connectivity index (χ4n) is 1.89. The molecule has 2 rings (SSSR count). The molecule has 18 heavy (non-hydrogen) atoms. The highest BCUT2D eigenvalue weighted by atomic mass is 16.6. The van der Waals surface area contributed by atoms with Crippen LogP contribution < -0.4 is 4.74 Å². The summed E-state index contributed by atoms with van der Waals surface area (Å²) in [5.41, 5.74) is 0.257. The second kappa shape index (κ2) is 5.53. The van der Waals surface area contributed by atoms with E-state index in [0.717, 1.165) is 12.8 Å². The lowest BCUT2D eigenvalue weighted by molar-refractivity contribution is 0.0597. The summed E-state index contributed by atoms with van der Waals surface area (Å²) < 4.78 is 9.88. The van der Waals surface area contributed by atoms with Gasteiger partial charge in [0, 0.05) is 13.1 Å². The molecule has 0 aliphatic carbocycles. The zero-order chi connectivity index (χ0) is 13.0. The van der Waals surface area contributed by atoms with Crippen LogP contribution in [0.2, 0.25) is 0 Å². The van der Waals surface area contributed by atoms with Crippen molar-refractivity contribution in [1.82, 2.24) is 4.90 Å². The maximum atomic E-state index is 11.8. The Morgan fingerprint density at radius 3 is 2.50 bits per heavy atom. The number of rotatable bonds is 2. The van der Waals surface area contributed by atoms with Crippen LogP contribution in [0.1, 0.15) is 23.2 Å². The Morgan fingerprint density at radius 2 is 1.83 bits per heavy atom. The van der Waals surface area contributed by atoms with Crippen LogP contribution in [0.5, 0.6) is 5.75 Å². The van der Waals surface area contributed by atoms with Crippen molar-refractivity contribution in [2.24, 2.45) is 0 Å². The van der Waals surface area contributed by atoms with Gasteiger partial charge in [-0.25, -0.2) is 9.59 Å². The summed E-state index contributed by atoms with van der Waals surface area (Å²) in [7, 11) is 1.29. The third-order valence-electron chi connectivity index (χ3n) is 2.85. The average molecular weight is 249 g/mol. The number of likely N-dealkylation sites (tertiary alicyclic amines) is 1. The van der Waals surface area contributed by atoms with Gasteiger partial charge in [0.1, 0.15) is 11.3 Å². The molecule has 0 spiro atoms. The number of nitrogens with zero attached hydrogens (tertiary/aromatic N) is 1. The minimum Gasteiger partial charge on any atom is -0.465 e. The highest BCUT2D eigenvalue weighted by molar-refractivity contribution is 5.93. The molecule has 1 amide bonds. The maximum Gasteiger partial charge on any atom is 0.415 e. The van der Waals surface area contributed by atoms with Crippen LogP contribution in [0.4, 0.5) is 4.79 Å². The average Bonchev–Trinajstić information content (AvgIpc) is 2.92. The van der Waals surface area contributed by atoms with Crippen molar-refractivity contribution in [2.45, 2.75) is 12.8 Å². The van der Waals surface area contributed by atoms with E-state index < -0.39 is 12.1 Å². The lowest BCUT2D eigenvalue weighted by Gasteiger charge is -2.15. The molecule has 0 N–H and O–H groups in total. The van der Waals surface area contributed by atoms with Gasteiger partial charge in [-0.3, -0.25) is 0 Å². The number of para-hydroxylation sites is 1. The number of esters is 1. The van der Waals surface area contributed by atoms with Crippen LogP contribution in [0.15, 0.2) is 24.3 Å². The summed E-state index contributed by atoms with van der Waals surface area (Å²) in [5, 5.41) is 0. The Balaban J connectivity index is 2.13. The highest BCUT2D eigenvalue weighted by Crippen LogP contribution is 2.20. The number of methoxy groups -OCH3 is 1. The van der Waals surface area contributed by atoms with Crippen LogP contribution in [-0.2, 0) is 4.74 Å². The molecule has 1 aromatic carbocycles. The van der Waals surface area contributed by atoms with E-state index in [4.69, 9.17) is 4.74 Å². The fourth-order valence-corrected chi connectivity index (χ4v) is 1.89. The molecule has 1 fully saturated rings. The molecular weight excluding hydrogens is 234 g/mol. The largest absolute Gasteiger partial charge is 0.465 e. The van der Waals surface area contributed by atoms with E-state index >= 15 is 0 Å². The van der Waals surface area contributed by atoms with Crippen LogP contribution >= 0.6 is 0 Å². The van der Waals surface area contributed by atoms with Crippen molar-refractivity contribution in [3.8, 4) is 5.75 Å². The number of amides is 1. The number of hydrogen-bond acceptors (Lipinski definition) is 4. The Hall–Kier alpha value is -2.04. The normalized spacial score (nSPS) is 14.4. The molecule has 0 atom stereocenters. The second-order valence-electron chi connectivity index (χ2n) is 4.05.